The number of aromatic nitrogens is 1. The summed E-state index contributed by atoms with van der Waals surface area (Å²) >= 11 is 0. The molecule has 1 rings (SSSR count). The number of hydrogen-bond donors (Lipinski definition) is 3. The molecule has 0 unspecified atom stereocenters. The van der Waals surface area contributed by atoms with Crippen LogP contribution in [0.2, 0.25) is 0 Å². The first-order valence-corrected chi connectivity index (χ1v) is 6.85. The molecular weight excluding hydrogens is 256 g/mol. The molecule has 112 valence electrons. The van der Waals surface area contributed by atoms with Crippen LogP contribution >= 0.6 is 0 Å². The van der Waals surface area contributed by atoms with Gasteiger partial charge in [0, 0.05) is 12.6 Å². The van der Waals surface area contributed by atoms with E-state index >= 15 is 0 Å². The molecule has 4 N–H and O–H groups in total. The summed E-state index contributed by atoms with van der Waals surface area (Å²) in [7, 11) is 2.11. The van der Waals surface area contributed by atoms with Crippen molar-refractivity contribution < 1.29 is 9.90 Å². The van der Waals surface area contributed by atoms with E-state index < -0.39 is 5.97 Å². The van der Waals surface area contributed by atoms with Crippen molar-refractivity contribution in [2.75, 3.05) is 31.2 Å². The summed E-state index contributed by atoms with van der Waals surface area (Å²) in [4.78, 5) is 17.1. The molecule has 0 aliphatic heterocycles. The highest BCUT2D eigenvalue weighted by Crippen LogP contribution is 2.15. The van der Waals surface area contributed by atoms with E-state index in [1.807, 2.05) is 0 Å². The van der Waals surface area contributed by atoms with Crippen molar-refractivity contribution in [3.05, 3.63) is 17.8 Å². The summed E-state index contributed by atoms with van der Waals surface area (Å²) in [6.07, 6.45) is 2.05. The van der Waals surface area contributed by atoms with Crippen LogP contribution in [0, 0.1) is 0 Å². The number of pyridine rings is 1. The molecule has 0 saturated carbocycles. The molecule has 0 aliphatic rings. The van der Waals surface area contributed by atoms with Crippen molar-refractivity contribution >= 4 is 17.5 Å². The van der Waals surface area contributed by atoms with Crippen molar-refractivity contribution in [3.8, 4) is 0 Å². The smallest absolute Gasteiger partial charge is 0.354 e. The second-order valence-corrected chi connectivity index (χ2v) is 5.15. The third-order valence-electron chi connectivity index (χ3n) is 3.26. The van der Waals surface area contributed by atoms with Crippen LogP contribution in [0.5, 0.6) is 0 Å². The zero-order valence-corrected chi connectivity index (χ0v) is 12.4. The van der Waals surface area contributed by atoms with E-state index in [-0.39, 0.29) is 5.69 Å². The van der Waals surface area contributed by atoms with E-state index in [2.05, 4.69) is 36.1 Å². The lowest BCUT2D eigenvalue weighted by Crippen LogP contribution is -2.27. The zero-order valence-electron chi connectivity index (χ0n) is 12.4. The predicted molar refractivity (Wildman–Crippen MR) is 81.1 cm³/mol. The summed E-state index contributed by atoms with van der Waals surface area (Å²) in [5.74, 6) is -0.603. The fraction of sp³-hybridized carbons (Fsp3) is 0.571. The van der Waals surface area contributed by atoms with Crippen molar-refractivity contribution in [2.24, 2.45) is 0 Å². The Morgan fingerprint density at radius 1 is 1.45 bits per heavy atom. The molecular formula is C14H24N4O2. The second-order valence-electron chi connectivity index (χ2n) is 5.15. The normalized spacial score (nSPS) is 11.1. The number of anilines is 2. The van der Waals surface area contributed by atoms with Gasteiger partial charge in [-0.05, 0) is 52.4 Å². The van der Waals surface area contributed by atoms with Crippen LogP contribution in [0.25, 0.3) is 0 Å². The largest absolute Gasteiger partial charge is 0.477 e. The summed E-state index contributed by atoms with van der Waals surface area (Å²) in [6.45, 7) is 6.10. The van der Waals surface area contributed by atoms with Gasteiger partial charge in [-0.2, -0.15) is 0 Å². The Morgan fingerprint density at radius 3 is 2.75 bits per heavy atom. The van der Waals surface area contributed by atoms with Gasteiger partial charge in [-0.1, -0.05) is 0 Å². The number of nitrogen functional groups attached to an aromatic ring is 1. The van der Waals surface area contributed by atoms with Gasteiger partial charge in [0.15, 0.2) is 5.69 Å². The van der Waals surface area contributed by atoms with Gasteiger partial charge in [-0.3, -0.25) is 0 Å². The predicted octanol–water partition coefficient (Wildman–Crippen LogP) is 1.89. The standard InChI is InChI=1S/C14H24N4O2/c1-10(2)18(3)9-5-4-8-16-13-11(15)6-7-12(17-13)14(19)20/h6-7,10H,4-5,8-9,15H2,1-3H3,(H,16,17)(H,19,20). The van der Waals surface area contributed by atoms with Gasteiger partial charge in [0.1, 0.15) is 5.82 Å². The second kappa shape index (κ2) is 7.69. The Morgan fingerprint density at radius 2 is 2.15 bits per heavy atom. The maximum atomic E-state index is 10.8. The van der Waals surface area contributed by atoms with E-state index in [0.717, 1.165) is 25.9 Å². The minimum absolute atomic E-state index is 0.00115. The van der Waals surface area contributed by atoms with E-state index in [1.165, 1.54) is 6.07 Å². The topological polar surface area (TPSA) is 91.5 Å². The quantitative estimate of drug-likeness (QED) is 0.630. The third-order valence-corrected chi connectivity index (χ3v) is 3.26. The van der Waals surface area contributed by atoms with Crippen LogP contribution in [-0.2, 0) is 0 Å². The van der Waals surface area contributed by atoms with Gasteiger partial charge in [0.25, 0.3) is 0 Å². The SMILES string of the molecule is CC(C)N(C)CCCCNc1nc(C(=O)O)ccc1N. The molecule has 20 heavy (non-hydrogen) atoms. The molecule has 1 aromatic heterocycles. The number of carboxylic acids is 1. The molecule has 1 aromatic rings. The zero-order chi connectivity index (χ0) is 15.1. The first kappa shape index (κ1) is 16.2. The van der Waals surface area contributed by atoms with E-state index in [0.29, 0.717) is 17.5 Å². The van der Waals surface area contributed by atoms with Gasteiger partial charge in [0.2, 0.25) is 0 Å². The summed E-state index contributed by atoms with van der Waals surface area (Å²) < 4.78 is 0. The maximum Gasteiger partial charge on any atom is 0.354 e. The molecule has 0 bridgehead atoms. The molecule has 1 heterocycles. The number of nitrogens with zero attached hydrogens (tertiary/aromatic N) is 2. The van der Waals surface area contributed by atoms with E-state index in [4.69, 9.17) is 10.8 Å². The third kappa shape index (κ3) is 5.05. The molecule has 0 amide bonds. The van der Waals surface area contributed by atoms with Gasteiger partial charge in [-0.25, -0.2) is 9.78 Å². The number of carbonyl (C=O) groups is 1. The first-order valence-electron chi connectivity index (χ1n) is 6.85. The van der Waals surface area contributed by atoms with Crippen molar-refractivity contribution in [1.29, 1.82) is 0 Å². The molecule has 0 spiro atoms. The number of hydrogen-bond acceptors (Lipinski definition) is 5. The Balaban J connectivity index is 2.38. The van der Waals surface area contributed by atoms with Crippen molar-refractivity contribution in [3.63, 3.8) is 0 Å². The average Bonchev–Trinajstić information content (AvgIpc) is 2.39. The minimum Gasteiger partial charge on any atom is -0.477 e. The number of aromatic carboxylic acids is 1. The monoisotopic (exact) mass is 280 g/mol. The van der Waals surface area contributed by atoms with E-state index in [9.17, 15) is 4.79 Å². The lowest BCUT2D eigenvalue weighted by Gasteiger charge is -2.20. The number of rotatable bonds is 8. The van der Waals surface area contributed by atoms with Crippen LogP contribution in [0.4, 0.5) is 11.5 Å². The lowest BCUT2D eigenvalue weighted by molar-refractivity contribution is 0.0690. The highest BCUT2D eigenvalue weighted by molar-refractivity contribution is 5.86. The Hall–Kier alpha value is -1.82. The maximum absolute atomic E-state index is 10.8. The molecule has 0 atom stereocenters. The number of nitrogens with two attached hydrogens (primary N) is 1. The Kier molecular flexibility index (Phi) is 6.24. The van der Waals surface area contributed by atoms with Gasteiger partial charge >= 0.3 is 5.97 Å². The fourth-order valence-electron chi connectivity index (χ4n) is 1.68. The highest BCUT2D eigenvalue weighted by Gasteiger charge is 2.08. The molecule has 0 fully saturated rings. The molecule has 6 heteroatoms. The van der Waals surface area contributed by atoms with Crippen LogP contribution < -0.4 is 11.1 Å². The summed E-state index contributed by atoms with van der Waals surface area (Å²) in [6, 6.07) is 3.51. The first-order chi connectivity index (χ1) is 9.41. The minimum atomic E-state index is -1.05. The van der Waals surface area contributed by atoms with E-state index in [1.54, 1.807) is 6.07 Å². The van der Waals surface area contributed by atoms with Gasteiger partial charge in [-0.15, -0.1) is 0 Å². The Labute approximate surface area is 120 Å². The van der Waals surface area contributed by atoms with Crippen molar-refractivity contribution in [2.45, 2.75) is 32.7 Å². The number of carboxylic acid groups (broad SMARTS) is 1. The molecule has 0 radical (unpaired) electrons. The van der Waals surface area contributed by atoms with Crippen LogP contribution in [0.1, 0.15) is 37.2 Å². The summed E-state index contributed by atoms with van der Waals surface area (Å²) in [5.41, 5.74) is 6.23. The molecule has 6 nitrogen and oxygen atoms in total. The van der Waals surface area contributed by atoms with Crippen LogP contribution in [0.3, 0.4) is 0 Å². The lowest BCUT2D eigenvalue weighted by atomic mass is 10.2. The molecule has 0 aromatic carbocycles. The fourth-order valence-corrected chi connectivity index (χ4v) is 1.68. The number of unbranched alkanes of at least 4 members (excludes halogenated alkanes) is 1. The van der Waals surface area contributed by atoms with Gasteiger partial charge in [0.05, 0.1) is 5.69 Å². The van der Waals surface area contributed by atoms with Gasteiger partial charge < -0.3 is 21.1 Å². The van der Waals surface area contributed by atoms with Crippen LogP contribution in [0.15, 0.2) is 12.1 Å². The molecule has 0 aliphatic carbocycles. The highest BCUT2D eigenvalue weighted by atomic mass is 16.4. The average molecular weight is 280 g/mol. The van der Waals surface area contributed by atoms with Crippen molar-refractivity contribution in [1.82, 2.24) is 9.88 Å². The molecule has 0 saturated heterocycles. The number of nitrogens with one attached hydrogen (secondary N) is 1. The summed E-state index contributed by atoms with van der Waals surface area (Å²) in [5, 5.41) is 12.0. The van der Waals surface area contributed by atoms with Crippen LogP contribution in [-0.4, -0.2) is 47.1 Å². The Bertz CT molecular complexity index is 449.